The molecule has 0 saturated heterocycles. The molecule has 0 unspecified atom stereocenters. The Bertz CT molecular complexity index is 824. The summed E-state index contributed by atoms with van der Waals surface area (Å²) in [5.41, 5.74) is 0.774. The highest BCUT2D eigenvalue weighted by molar-refractivity contribution is 6.34. The van der Waals surface area contributed by atoms with Gasteiger partial charge in [0.15, 0.2) is 6.61 Å². The zero-order valence-corrected chi connectivity index (χ0v) is 18.0. The van der Waals surface area contributed by atoms with Gasteiger partial charge in [0.05, 0.1) is 10.7 Å². The minimum Gasteiger partial charge on any atom is -0.484 e. The van der Waals surface area contributed by atoms with Crippen molar-refractivity contribution in [3.8, 4) is 5.75 Å². The normalized spacial score (nSPS) is 10.7. The lowest BCUT2D eigenvalue weighted by Gasteiger charge is -2.18. The monoisotopic (exact) mass is 437 g/mol. The molecule has 0 radical (unpaired) electrons. The summed E-state index contributed by atoms with van der Waals surface area (Å²) < 4.78 is 5.41. The Hall–Kier alpha value is -2.28. The number of ether oxygens (including phenoxy) is 1. The third-order valence-electron chi connectivity index (χ3n) is 4.29. The molecule has 2 aromatic carbocycles. The van der Waals surface area contributed by atoms with E-state index in [9.17, 15) is 9.59 Å². The fourth-order valence-electron chi connectivity index (χ4n) is 2.60. The van der Waals surface area contributed by atoms with Crippen molar-refractivity contribution in [2.24, 2.45) is 0 Å². The van der Waals surface area contributed by atoms with Crippen molar-refractivity contribution in [1.82, 2.24) is 10.2 Å². The maximum Gasteiger partial charge on any atom is 0.262 e. The number of rotatable bonds is 10. The second-order valence-corrected chi connectivity index (χ2v) is 7.11. The molecule has 2 N–H and O–H groups in total. The molecule has 0 aliphatic carbocycles. The number of carbonyl (C=O) groups is 2. The van der Waals surface area contributed by atoms with Gasteiger partial charge in [-0.15, -0.1) is 0 Å². The smallest absolute Gasteiger partial charge is 0.262 e. The summed E-state index contributed by atoms with van der Waals surface area (Å²) in [5.74, 6) is -0.0837. The third-order valence-corrected chi connectivity index (χ3v) is 4.88. The quantitative estimate of drug-likeness (QED) is 0.587. The summed E-state index contributed by atoms with van der Waals surface area (Å²) in [6.45, 7) is 7.14. The van der Waals surface area contributed by atoms with Gasteiger partial charge in [0.1, 0.15) is 5.75 Å². The van der Waals surface area contributed by atoms with E-state index < -0.39 is 0 Å². The van der Waals surface area contributed by atoms with Crippen LogP contribution in [0.5, 0.6) is 5.75 Å². The molecule has 0 aliphatic rings. The van der Waals surface area contributed by atoms with Crippen LogP contribution in [-0.2, 0) is 4.79 Å². The van der Waals surface area contributed by atoms with Crippen LogP contribution in [0.25, 0.3) is 0 Å². The Labute approximate surface area is 181 Å². The second kappa shape index (κ2) is 11.7. The molecule has 2 amide bonds. The predicted molar refractivity (Wildman–Crippen MR) is 117 cm³/mol. The highest BCUT2D eigenvalue weighted by Crippen LogP contribution is 2.23. The van der Waals surface area contributed by atoms with Crippen LogP contribution < -0.4 is 15.4 Å². The Balaban J connectivity index is 1.90. The Morgan fingerprint density at radius 1 is 1.03 bits per heavy atom. The number of likely N-dealkylation sites (N-methyl/N-ethyl adjacent to an activating group) is 1. The maximum absolute atomic E-state index is 12.4. The molecule has 6 nitrogen and oxygen atoms in total. The van der Waals surface area contributed by atoms with Crippen molar-refractivity contribution >= 4 is 40.7 Å². The summed E-state index contributed by atoms with van der Waals surface area (Å²) in [6.07, 6.45) is 0. The van der Waals surface area contributed by atoms with Crippen LogP contribution in [-0.4, -0.2) is 49.5 Å². The number of anilines is 1. The molecule has 156 valence electrons. The number of hydrogen-bond donors (Lipinski definition) is 2. The summed E-state index contributed by atoms with van der Waals surface area (Å²) in [7, 11) is 0. The second-order valence-electron chi connectivity index (χ2n) is 6.27. The van der Waals surface area contributed by atoms with Crippen LogP contribution >= 0.6 is 23.2 Å². The number of nitrogens with zero attached hydrogens (tertiary/aromatic N) is 1. The van der Waals surface area contributed by atoms with E-state index >= 15 is 0 Å². The van der Waals surface area contributed by atoms with Gasteiger partial charge in [0.2, 0.25) is 0 Å². The Morgan fingerprint density at radius 2 is 1.72 bits per heavy atom. The van der Waals surface area contributed by atoms with E-state index in [4.69, 9.17) is 27.9 Å². The molecule has 0 heterocycles. The SMILES string of the molecule is CCN(CC)CCNC(=O)c1ccc(Cl)c(NC(=O)COc2ccc(Cl)cc2)c1. The van der Waals surface area contributed by atoms with Gasteiger partial charge in [0.25, 0.3) is 11.8 Å². The zero-order valence-electron chi connectivity index (χ0n) is 16.5. The maximum atomic E-state index is 12.4. The van der Waals surface area contributed by atoms with E-state index in [2.05, 4.69) is 29.4 Å². The first-order valence-electron chi connectivity index (χ1n) is 9.41. The van der Waals surface area contributed by atoms with Gasteiger partial charge >= 0.3 is 0 Å². The van der Waals surface area contributed by atoms with Gasteiger partial charge in [-0.25, -0.2) is 0 Å². The highest BCUT2D eigenvalue weighted by atomic mass is 35.5. The van der Waals surface area contributed by atoms with Crippen LogP contribution in [0.2, 0.25) is 10.0 Å². The molecule has 0 aliphatic heterocycles. The average molecular weight is 438 g/mol. The first-order valence-corrected chi connectivity index (χ1v) is 10.2. The number of hydrogen-bond acceptors (Lipinski definition) is 4. The van der Waals surface area contributed by atoms with E-state index in [1.807, 2.05) is 0 Å². The van der Waals surface area contributed by atoms with Crippen molar-refractivity contribution in [2.45, 2.75) is 13.8 Å². The van der Waals surface area contributed by atoms with Crippen LogP contribution in [0.15, 0.2) is 42.5 Å². The van der Waals surface area contributed by atoms with Crippen LogP contribution in [0.3, 0.4) is 0 Å². The standard InChI is InChI=1S/C21H25Cl2N3O3/c1-3-26(4-2)12-11-24-21(28)15-5-10-18(23)19(13-15)25-20(27)14-29-17-8-6-16(22)7-9-17/h5-10,13H,3-4,11-12,14H2,1-2H3,(H,24,28)(H,25,27). The van der Waals surface area contributed by atoms with Gasteiger partial charge in [-0.05, 0) is 55.6 Å². The number of nitrogens with one attached hydrogen (secondary N) is 2. The minimum atomic E-state index is -0.388. The van der Waals surface area contributed by atoms with E-state index in [1.165, 1.54) is 0 Å². The summed E-state index contributed by atoms with van der Waals surface area (Å²) in [6, 6.07) is 11.4. The van der Waals surface area contributed by atoms with E-state index in [0.29, 0.717) is 33.6 Å². The zero-order chi connectivity index (χ0) is 21.2. The topological polar surface area (TPSA) is 70.7 Å². The fraction of sp³-hybridized carbons (Fsp3) is 0.333. The first-order chi connectivity index (χ1) is 13.9. The van der Waals surface area contributed by atoms with Crippen molar-refractivity contribution < 1.29 is 14.3 Å². The minimum absolute atomic E-state index is 0.196. The Morgan fingerprint density at radius 3 is 2.38 bits per heavy atom. The molecule has 0 saturated carbocycles. The summed E-state index contributed by atoms with van der Waals surface area (Å²) in [5, 5.41) is 6.47. The fourth-order valence-corrected chi connectivity index (χ4v) is 2.89. The van der Waals surface area contributed by atoms with Gasteiger partial charge in [-0.3, -0.25) is 9.59 Å². The lowest BCUT2D eigenvalue weighted by atomic mass is 10.2. The van der Waals surface area contributed by atoms with Gasteiger partial charge in [-0.2, -0.15) is 0 Å². The van der Waals surface area contributed by atoms with Crippen LogP contribution in [0.1, 0.15) is 24.2 Å². The van der Waals surface area contributed by atoms with Gasteiger partial charge in [-0.1, -0.05) is 37.0 Å². The summed E-state index contributed by atoms with van der Waals surface area (Å²) in [4.78, 5) is 26.8. The number of benzene rings is 2. The molecule has 8 heteroatoms. The summed E-state index contributed by atoms with van der Waals surface area (Å²) >= 11 is 12.0. The lowest BCUT2D eigenvalue weighted by Crippen LogP contribution is -2.34. The molecule has 0 aromatic heterocycles. The third kappa shape index (κ3) is 7.57. The molecule has 0 fully saturated rings. The van der Waals surface area contributed by atoms with E-state index in [-0.39, 0.29) is 18.4 Å². The molecule has 0 atom stereocenters. The predicted octanol–water partition coefficient (Wildman–Crippen LogP) is 4.08. The van der Waals surface area contributed by atoms with Crippen molar-refractivity contribution in [3.63, 3.8) is 0 Å². The van der Waals surface area contributed by atoms with Crippen molar-refractivity contribution in [1.29, 1.82) is 0 Å². The molecule has 2 rings (SSSR count). The van der Waals surface area contributed by atoms with Gasteiger partial charge < -0.3 is 20.3 Å². The van der Waals surface area contributed by atoms with Crippen LogP contribution in [0, 0.1) is 0 Å². The van der Waals surface area contributed by atoms with Gasteiger partial charge in [0, 0.05) is 23.7 Å². The number of halogens is 2. The van der Waals surface area contributed by atoms with Crippen molar-refractivity contribution in [2.75, 3.05) is 38.1 Å². The van der Waals surface area contributed by atoms with Crippen molar-refractivity contribution in [3.05, 3.63) is 58.1 Å². The average Bonchev–Trinajstić information content (AvgIpc) is 2.72. The number of amides is 2. The van der Waals surface area contributed by atoms with Crippen LogP contribution in [0.4, 0.5) is 5.69 Å². The molecular weight excluding hydrogens is 413 g/mol. The molecular formula is C21H25Cl2N3O3. The number of carbonyl (C=O) groups excluding carboxylic acids is 2. The molecule has 0 spiro atoms. The molecule has 2 aromatic rings. The lowest BCUT2D eigenvalue weighted by molar-refractivity contribution is -0.118. The Kier molecular flexibility index (Phi) is 9.25. The van der Waals surface area contributed by atoms with E-state index in [1.54, 1.807) is 42.5 Å². The van der Waals surface area contributed by atoms with E-state index in [0.717, 1.165) is 19.6 Å². The molecule has 0 bridgehead atoms. The highest BCUT2D eigenvalue weighted by Gasteiger charge is 2.12. The molecule has 29 heavy (non-hydrogen) atoms. The first kappa shape index (κ1) is 23.0. The largest absolute Gasteiger partial charge is 0.484 e.